The zero-order valence-electron chi connectivity index (χ0n) is 10.0. The van der Waals surface area contributed by atoms with Crippen molar-refractivity contribution in [3.05, 3.63) is 42.2 Å². The van der Waals surface area contributed by atoms with Crippen molar-refractivity contribution in [1.29, 1.82) is 0 Å². The summed E-state index contributed by atoms with van der Waals surface area (Å²) in [5, 5.41) is 8.88. The van der Waals surface area contributed by atoms with Crippen LogP contribution in [0.3, 0.4) is 0 Å². The van der Waals surface area contributed by atoms with Gasteiger partial charge in [0.15, 0.2) is 0 Å². The standard InChI is InChI=1S/C13H14N2O3/c1-2-17-11-4-3-5-12(6-11)18-13-14-7-10(9-16)8-15-13/h3-8,16H,2,9H2,1H3. The first-order valence-corrected chi connectivity index (χ1v) is 5.64. The van der Waals surface area contributed by atoms with Crippen LogP contribution < -0.4 is 9.47 Å². The second kappa shape index (κ2) is 5.97. The average Bonchev–Trinajstić information content (AvgIpc) is 2.40. The molecule has 0 spiro atoms. The predicted octanol–water partition coefficient (Wildman–Crippen LogP) is 2.16. The van der Waals surface area contributed by atoms with Gasteiger partial charge in [0.1, 0.15) is 11.5 Å². The zero-order chi connectivity index (χ0) is 12.8. The number of ether oxygens (including phenoxy) is 2. The molecule has 0 saturated heterocycles. The van der Waals surface area contributed by atoms with Crippen molar-refractivity contribution in [3.8, 4) is 17.5 Å². The van der Waals surface area contributed by atoms with Crippen LogP contribution in [0, 0.1) is 0 Å². The fraction of sp³-hybridized carbons (Fsp3) is 0.231. The van der Waals surface area contributed by atoms with E-state index in [9.17, 15) is 0 Å². The summed E-state index contributed by atoms with van der Waals surface area (Å²) in [6.07, 6.45) is 3.05. The molecule has 18 heavy (non-hydrogen) atoms. The molecule has 1 aromatic heterocycles. The summed E-state index contributed by atoms with van der Waals surface area (Å²) >= 11 is 0. The lowest BCUT2D eigenvalue weighted by molar-refractivity contribution is 0.280. The summed E-state index contributed by atoms with van der Waals surface area (Å²) in [6, 6.07) is 7.49. The molecule has 5 nitrogen and oxygen atoms in total. The van der Waals surface area contributed by atoms with Crippen LogP contribution in [0.25, 0.3) is 0 Å². The molecule has 0 radical (unpaired) electrons. The number of nitrogens with zero attached hydrogens (tertiary/aromatic N) is 2. The maximum absolute atomic E-state index is 8.88. The molecule has 94 valence electrons. The number of aromatic nitrogens is 2. The molecular formula is C13H14N2O3. The van der Waals surface area contributed by atoms with Crippen molar-refractivity contribution in [2.24, 2.45) is 0 Å². The van der Waals surface area contributed by atoms with Crippen LogP contribution in [0.2, 0.25) is 0 Å². The Morgan fingerprint density at radius 3 is 2.56 bits per heavy atom. The topological polar surface area (TPSA) is 64.5 Å². The van der Waals surface area contributed by atoms with E-state index in [1.807, 2.05) is 19.1 Å². The summed E-state index contributed by atoms with van der Waals surface area (Å²) in [7, 11) is 0. The van der Waals surface area contributed by atoms with E-state index >= 15 is 0 Å². The highest BCUT2D eigenvalue weighted by atomic mass is 16.5. The van der Waals surface area contributed by atoms with Gasteiger partial charge in [0.25, 0.3) is 0 Å². The Morgan fingerprint density at radius 1 is 1.17 bits per heavy atom. The smallest absolute Gasteiger partial charge is 0.321 e. The number of benzene rings is 1. The van der Waals surface area contributed by atoms with Gasteiger partial charge in [-0.1, -0.05) is 6.07 Å². The number of aliphatic hydroxyl groups is 1. The molecule has 0 amide bonds. The minimum Gasteiger partial charge on any atom is -0.494 e. The van der Waals surface area contributed by atoms with Crippen LogP contribution in [-0.2, 0) is 6.61 Å². The molecule has 2 aromatic rings. The van der Waals surface area contributed by atoms with E-state index in [0.29, 0.717) is 17.9 Å². The summed E-state index contributed by atoms with van der Waals surface area (Å²) in [4.78, 5) is 7.97. The highest BCUT2D eigenvalue weighted by Crippen LogP contribution is 2.22. The molecule has 1 N–H and O–H groups in total. The lowest BCUT2D eigenvalue weighted by atomic mass is 10.3. The Bertz CT molecular complexity index is 500. The normalized spacial score (nSPS) is 10.1. The lowest BCUT2D eigenvalue weighted by Crippen LogP contribution is -1.95. The molecule has 0 unspecified atom stereocenters. The van der Waals surface area contributed by atoms with Gasteiger partial charge in [-0.3, -0.25) is 0 Å². The summed E-state index contributed by atoms with van der Waals surface area (Å²) in [6.45, 7) is 2.44. The Labute approximate surface area is 105 Å². The van der Waals surface area contributed by atoms with Crippen molar-refractivity contribution >= 4 is 0 Å². The van der Waals surface area contributed by atoms with Crippen LogP contribution >= 0.6 is 0 Å². The summed E-state index contributed by atoms with van der Waals surface area (Å²) in [5.41, 5.74) is 0.644. The third kappa shape index (κ3) is 3.18. The first kappa shape index (κ1) is 12.3. The number of hydrogen-bond acceptors (Lipinski definition) is 5. The molecule has 0 fully saturated rings. The molecule has 0 aliphatic carbocycles. The lowest BCUT2D eigenvalue weighted by Gasteiger charge is -2.06. The molecule has 0 atom stereocenters. The maximum Gasteiger partial charge on any atom is 0.321 e. The third-order valence-electron chi connectivity index (χ3n) is 2.19. The van der Waals surface area contributed by atoms with Crippen molar-refractivity contribution in [3.63, 3.8) is 0 Å². The highest BCUT2D eigenvalue weighted by molar-refractivity contribution is 5.34. The Morgan fingerprint density at radius 2 is 1.89 bits per heavy atom. The fourth-order valence-electron chi connectivity index (χ4n) is 1.38. The molecule has 1 aromatic carbocycles. The number of aliphatic hydroxyl groups excluding tert-OH is 1. The van der Waals surface area contributed by atoms with E-state index in [0.717, 1.165) is 5.75 Å². The molecule has 5 heteroatoms. The SMILES string of the molecule is CCOc1cccc(Oc2ncc(CO)cn2)c1. The van der Waals surface area contributed by atoms with Gasteiger partial charge in [0.05, 0.1) is 13.2 Å². The molecule has 0 bridgehead atoms. The highest BCUT2D eigenvalue weighted by Gasteiger charge is 2.02. The molecule has 0 aliphatic rings. The Hall–Kier alpha value is -2.14. The molecule has 2 rings (SSSR count). The van der Waals surface area contributed by atoms with Gasteiger partial charge in [-0.05, 0) is 19.1 Å². The van der Waals surface area contributed by atoms with Gasteiger partial charge in [0, 0.05) is 24.0 Å². The number of hydrogen-bond donors (Lipinski definition) is 1. The Kier molecular flexibility index (Phi) is 4.09. The monoisotopic (exact) mass is 246 g/mol. The van der Waals surface area contributed by atoms with Gasteiger partial charge in [-0.25, -0.2) is 9.97 Å². The summed E-state index contributed by atoms with van der Waals surface area (Å²) < 4.78 is 10.8. The average molecular weight is 246 g/mol. The number of rotatable bonds is 5. The zero-order valence-corrected chi connectivity index (χ0v) is 10.0. The van der Waals surface area contributed by atoms with Gasteiger partial charge >= 0.3 is 6.01 Å². The fourth-order valence-corrected chi connectivity index (χ4v) is 1.38. The quantitative estimate of drug-likeness (QED) is 0.875. The van der Waals surface area contributed by atoms with E-state index < -0.39 is 0 Å². The molecule has 0 saturated carbocycles. The molecular weight excluding hydrogens is 232 g/mol. The van der Waals surface area contributed by atoms with E-state index in [2.05, 4.69) is 9.97 Å². The van der Waals surface area contributed by atoms with Gasteiger partial charge in [-0.2, -0.15) is 0 Å². The van der Waals surface area contributed by atoms with Gasteiger partial charge < -0.3 is 14.6 Å². The van der Waals surface area contributed by atoms with Crippen LogP contribution in [0.15, 0.2) is 36.7 Å². The second-order valence-electron chi connectivity index (χ2n) is 3.54. The molecule has 0 aliphatic heterocycles. The third-order valence-corrected chi connectivity index (χ3v) is 2.19. The van der Waals surface area contributed by atoms with Crippen LogP contribution in [-0.4, -0.2) is 21.7 Å². The van der Waals surface area contributed by atoms with Crippen molar-refractivity contribution < 1.29 is 14.6 Å². The van der Waals surface area contributed by atoms with E-state index in [1.165, 1.54) is 12.4 Å². The van der Waals surface area contributed by atoms with E-state index in [-0.39, 0.29) is 12.6 Å². The minimum atomic E-state index is -0.0832. The van der Waals surface area contributed by atoms with E-state index in [4.69, 9.17) is 14.6 Å². The van der Waals surface area contributed by atoms with Crippen molar-refractivity contribution in [2.45, 2.75) is 13.5 Å². The summed E-state index contributed by atoms with van der Waals surface area (Å²) in [5.74, 6) is 1.35. The van der Waals surface area contributed by atoms with Crippen LogP contribution in [0.1, 0.15) is 12.5 Å². The van der Waals surface area contributed by atoms with Gasteiger partial charge in [0.2, 0.25) is 0 Å². The maximum atomic E-state index is 8.88. The first-order chi connectivity index (χ1) is 8.81. The van der Waals surface area contributed by atoms with E-state index in [1.54, 1.807) is 12.1 Å². The minimum absolute atomic E-state index is 0.0832. The van der Waals surface area contributed by atoms with Crippen molar-refractivity contribution in [2.75, 3.05) is 6.61 Å². The van der Waals surface area contributed by atoms with Gasteiger partial charge in [-0.15, -0.1) is 0 Å². The largest absolute Gasteiger partial charge is 0.494 e. The van der Waals surface area contributed by atoms with Crippen LogP contribution in [0.5, 0.6) is 17.5 Å². The van der Waals surface area contributed by atoms with Crippen LogP contribution in [0.4, 0.5) is 0 Å². The molecule has 1 heterocycles. The first-order valence-electron chi connectivity index (χ1n) is 5.64. The Balaban J connectivity index is 2.09. The second-order valence-corrected chi connectivity index (χ2v) is 3.54. The van der Waals surface area contributed by atoms with Crippen molar-refractivity contribution in [1.82, 2.24) is 9.97 Å². The predicted molar refractivity (Wildman–Crippen MR) is 65.6 cm³/mol.